The highest BCUT2D eigenvalue weighted by Crippen LogP contribution is 2.54. The number of aliphatic hydroxyl groups is 2. The molecule has 3 aliphatic rings. The van der Waals surface area contributed by atoms with Gasteiger partial charge in [-0.2, -0.15) is 0 Å². The molecule has 2 heterocycles. The monoisotopic (exact) mass is 414 g/mol. The first-order valence-electron chi connectivity index (χ1n) is 9.71. The van der Waals surface area contributed by atoms with Crippen LogP contribution in [0.5, 0.6) is 23.0 Å². The van der Waals surface area contributed by atoms with Crippen LogP contribution >= 0.6 is 0 Å². The number of carbonyl (C=O) groups excluding carboxylic acids is 1. The lowest BCUT2D eigenvalue weighted by Crippen LogP contribution is -2.34. The van der Waals surface area contributed by atoms with E-state index in [1.165, 1.54) is 14.2 Å². The lowest BCUT2D eigenvalue weighted by Gasteiger charge is -2.37. The summed E-state index contributed by atoms with van der Waals surface area (Å²) in [5, 5.41) is 20.9. The number of carbonyl (C=O) groups is 1. The van der Waals surface area contributed by atoms with Crippen molar-refractivity contribution in [1.82, 2.24) is 0 Å². The minimum absolute atomic E-state index is 0.110. The van der Waals surface area contributed by atoms with E-state index in [1.807, 2.05) is 6.07 Å². The fourth-order valence-electron chi connectivity index (χ4n) is 4.90. The Hall–Kier alpha value is -2.97. The number of methoxy groups -OCH3 is 2. The molecule has 2 N–H and O–H groups in total. The number of fused-ring (bicyclic) bond motifs is 3. The van der Waals surface area contributed by atoms with Crippen LogP contribution in [-0.2, 0) is 16.1 Å². The van der Waals surface area contributed by atoms with E-state index < -0.39 is 17.9 Å². The molecule has 8 nitrogen and oxygen atoms in total. The summed E-state index contributed by atoms with van der Waals surface area (Å²) >= 11 is 0. The molecule has 5 rings (SSSR count). The number of rotatable bonds is 4. The van der Waals surface area contributed by atoms with Crippen molar-refractivity contribution in [3.05, 3.63) is 46.5 Å². The summed E-state index contributed by atoms with van der Waals surface area (Å²) in [6, 6.07) is 7.21. The fourth-order valence-corrected chi connectivity index (χ4v) is 4.90. The van der Waals surface area contributed by atoms with E-state index in [0.29, 0.717) is 34.1 Å². The Morgan fingerprint density at radius 1 is 1.03 bits per heavy atom. The number of esters is 1. The second-order valence-corrected chi connectivity index (χ2v) is 7.65. The lowest BCUT2D eigenvalue weighted by molar-refractivity contribution is -0.141. The molecule has 0 saturated carbocycles. The van der Waals surface area contributed by atoms with Crippen molar-refractivity contribution in [2.24, 2.45) is 11.8 Å². The Labute approximate surface area is 172 Å². The number of ether oxygens (including phenoxy) is 5. The van der Waals surface area contributed by atoms with E-state index in [1.54, 1.807) is 18.2 Å². The summed E-state index contributed by atoms with van der Waals surface area (Å²) in [7, 11) is 3.03. The summed E-state index contributed by atoms with van der Waals surface area (Å²) in [6.07, 6.45) is -0.861. The van der Waals surface area contributed by atoms with Gasteiger partial charge in [0.1, 0.15) is 0 Å². The van der Waals surface area contributed by atoms with E-state index in [2.05, 4.69) is 0 Å². The van der Waals surface area contributed by atoms with Crippen molar-refractivity contribution in [2.75, 3.05) is 27.6 Å². The number of hydrogen-bond donors (Lipinski definition) is 2. The summed E-state index contributed by atoms with van der Waals surface area (Å²) in [6.45, 7) is 0.00333. The van der Waals surface area contributed by atoms with E-state index in [4.69, 9.17) is 23.7 Å². The quantitative estimate of drug-likeness (QED) is 0.731. The molecule has 4 atom stereocenters. The average Bonchev–Trinajstić information content (AvgIpc) is 3.38. The smallest absolute Gasteiger partial charge is 0.310 e. The number of hydrogen-bond acceptors (Lipinski definition) is 8. The van der Waals surface area contributed by atoms with E-state index in [0.717, 1.165) is 11.1 Å². The second-order valence-electron chi connectivity index (χ2n) is 7.65. The standard InChI is InChI=1S/C22H22O8/c1-26-17-4-10(3-11(7-23)21(17)27-2)18-12-5-15-16(30-9-29-15)6-13(12)20(24)14-8-28-22(25)19(14)18/h3-6,14,18-20,23-24H,7-9H2,1-2H3/t14-,18+,19+,20-/m0/s1. The van der Waals surface area contributed by atoms with Gasteiger partial charge in [0.25, 0.3) is 0 Å². The van der Waals surface area contributed by atoms with E-state index >= 15 is 0 Å². The molecule has 158 valence electrons. The zero-order valence-electron chi connectivity index (χ0n) is 16.6. The predicted molar refractivity (Wildman–Crippen MR) is 103 cm³/mol. The summed E-state index contributed by atoms with van der Waals surface area (Å²) in [4.78, 5) is 12.7. The van der Waals surface area contributed by atoms with Crippen LogP contribution < -0.4 is 18.9 Å². The third-order valence-corrected chi connectivity index (χ3v) is 6.26. The van der Waals surface area contributed by atoms with Gasteiger partial charge in [0, 0.05) is 17.4 Å². The Balaban J connectivity index is 1.74. The first-order valence-corrected chi connectivity index (χ1v) is 9.71. The maximum absolute atomic E-state index is 12.7. The number of benzene rings is 2. The molecule has 0 radical (unpaired) electrons. The van der Waals surface area contributed by atoms with Crippen molar-refractivity contribution in [1.29, 1.82) is 0 Å². The van der Waals surface area contributed by atoms with Crippen molar-refractivity contribution in [2.45, 2.75) is 18.6 Å². The Kier molecular flexibility index (Phi) is 4.48. The second kappa shape index (κ2) is 7.07. The van der Waals surface area contributed by atoms with Crippen molar-refractivity contribution in [3.8, 4) is 23.0 Å². The third-order valence-electron chi connectivity index (χ3n) is 6.26. The van der Waals surface area contributed by atoms with Crippen molar-refractivity contribution in [3.63, 3.8) is 0 Å². The summed E-state index contributed by atoms with van der Waals surface area (Å²) in [5.74, 6) is 0.304. The van der Waals surface area contributed by atoms with Gasteiger partial charge in [-0.1, -0.05) is 0 Å². The van der Waals surface area contributed by atoms with Gasteiger partial charge in [0.2, 0.25) is 6.79 Å². The molecule has 2 aromatic carbocycles. The fraction of sp³-hybridized carbons (Fsp3) is 0.409. The maximum Gasteiger partial charge on any atom is 0.310 e. The molecule has 30 heavy (non-hydrogen) atoms. The van der Waals surface area contributed by atoms with Gasteiger partial charge in [-0.25, -0.2) is 0 Å². The van der Waals surface area contributed by atoms with Crippen molar-refractivity contribution < 1.29 is 38.7 Å². The van der Waals surface area contributed by atoms with E-state index in [-0.39, 0.29) is 31.9 Å². The molecule has 2 aliphatic heterocycles. The van der Waals surface area contributed by atoms with E-state index in [9.17, 15) is 15.0 Å². The van der Waals surface area contributed by atoms with Crippen LogP contribution in [0.25, 0.3) is 0 Å². The van der Waals surface area contributed by atoms with Crippen LogP contribution in [-0.4, -0.2) is 43.8 Å². The topological polar surface area (TPSA) is 104 Å². The Bertz CT molecular complexity index is 991. The molecule has 0 amide bonds. The minimum atomic E-state index is -0.861. The lowest BCUT2D eigenvalue weighted by atomic mass is 9.66. The molecule has 0 spiro atoms. The molecule has 0 unspecified atom stereocenters. The molecule has 1 saturated heterocycles. The third kappa shape index (κ3) is 2.64. The number of cyclic esters (lactones) is 1. The van der Waals surface area contributed by atoms with Crippen LogP contribution in [0, 0.1) is 11.8 Å². The molecule has 1 fully saturated rings. The zero-order chi connectivity index (χ0) is 21.0. The molecule has 1 aliphatic carbocycles. The van der Waals surface area contributed by atoms with Crippen molar-refractivity contribution >= 4 is 5.97 Å². The molecule has 0 bridgehead atoms. The Morgan fingerprint density at radius 2 is 1.77 bits per heavy atom. The van der Waals surface area contributed by atoms with Gasteiger partial charge in [0.15, 0.2) is 23.0 Å². The predicted octanol–water partition coefficient (Wildman–Crippen LogP) is 1.89. The SMILES string of the molecule is COc1cc([C@@H]2c3cc4c(cc3[C@H](O)[C@H]3COC(=O)[C@@H]23)OCO4)cc(CO)c1OC. The van der Waals surface area contributed by atoms with Crippen LogP contribution in [0.2, 0.25) is 0 Å². The Morgan fingerprint density at radius 3 is 2.43 bits per heavy atom. The highest BCUT2D eigenvalue weighted by molar-refractivity contribution is 5.78. The summed E-state index contributed by atoms with van der Waals surface area (Å²) in [5.41, 5.74) is 2.76. The first-order chi connectivity index (χ1) is 14.6. The van der Waals surface area contributed by atoms with Crippen LogP contribution in [0.4, 0.5) is 0 Å². The summed E-state index contributed by atoms with van der Waals surface area (Å²) < 4.78 is 27.3. The highest BCUT2D eigenvalue weighted by Gasteiger charge is 2.52. The van der Waals surface area contributed by atoms with Crippen LogP contribution in [0.1, 0.15) is 34.3 Å². The van der Waals surface area contributed by atoms with Gasteiger partial charge in [-0.15, -0.1) is 0 Å². The average molecular weight is 414 g/mol. The number of aliphatic hydroxyl groups excluding tert-OH is 2. The molecule has 0 aromatic heterocycles. The normalized spacial score (nSPS) is 26.1. The maximum atomic E-state index is 12.7. The molecule has 8 heteroatoms. The van der Waals surface area contributed by atoms with Gasteiger partial charge in [-0.3, -0.25) is 4.79 Å². The first kappa shape index (κ1) is 19.0. The zero-order valence-corrected chi connectivity index (χ0v) is 16.6. The van der Waals surface area contributed by atoms with Gasteiger partial charge >= 0.3 is 5.97 Å². The van der Waals surface area contributed by atoms with Crippen LogP contribution in [0.15, 0.2) is 24.3 Å². The van der Waals surface area contributed by atoms with Gasteiger partial charge in [-0.05, 0) is 41.0 Å². The molecule has 2 aromatic rings. The van der Waals surface area contributed by atoms with Crippen LogP contribution in [0.3, 0.4) is 0 Å². The minimum Gasteiger partial charge on any atom is -0.493 e. The highest BCUT2D eigenvalue weighted by atomic mass is 16.7. The molecular weight excluding hydrogens is 392 g/mol. The molecular formula is C22H22O8. The van der Waals surface area contributed by atoms with Gasteiger partial charge < -0.3 is 33.9 Å². The largest absolute Gasteiger partial charge is 0.493 e. The van der Waals surface area contributed by atoms with Gasteiger partial charge in [0.05, 0.1) is 39.5 Å².